The fraction of sp³-hybridized carbons (Fsp3) is 0.227. The van der Waals surface area contributed by atoms with Gasteiger partial charge in [-0.15, -0.1) is 0 Å². The van der Waals surface area contributed by atoms with Crippen LogP contribution >= 0.6 is 11.6 Å². The average molecular weight is 394 g/mol. The molecule has 1 amide bonds. The predicted octanol–water partition coefficient (Wildman–Crippen LogP) is 4.76. The van der Waals surface area contributed by atoms with Crippen molar-refractivity contribution in [1.82, 2.24) is 9.78 Å². The van der Waals surface area contributed by atoms with Gasteiger partial charge in [0.15, 0.2) is 5.78 Å². The lowest BCUT2D eigenvalue weighted by Crippen LogP contribution is -2.28. The van der Waals surface area contributed by atoms with Gasteiger partial charge in [0.05, 0.1) is 17.3 Å². The van der Waals surface area contributed by atoms with Crippen molar-refractivity contribution in [3.8, 4) is 5.69 Å². The monoisotopic (exact) mass is 393 g/mol. The minimum Gasteiger partial charge on any atom is -0.310 e. The van der Waals surface area contributed by atoms with Gasteiger partial charge in [0.25, 0.3) is 0 Å². The van der Waals surface area contributed by atoms with Crippen LogP contribution in [0.2, 0.25) is 5.02 Å². The summed E-state index contributed by atoms with van der Waals surface area (Å²) >= 11 is 5.94. The number of fused-ring (bicyclic) bond motifs is 1. The summed E-state index contributed by atoms with van der Waals surface area (Å²) in [6, 6.07) is 12.8. The largest absolute Gasteiger partial charge is 0.310 e. The quantitative estimate of drug-likeness (QED) is 0.652. The molecule has 1 aliphatic rings. The molecule has 0 aliphatic carbocycles. The van der Waals surface area contributed by atoms with Crippen LogP contribution in [0.1, 0.15) is 45.1 Å². The molecule has 5 nitrogen and oxygen atoms in total. The third kappa shape index (κ3) is 3.12. The first-order valence-electron chi connectivity index (χ1n) is 9.12. The van der Waals surface area contributed by atoms with Gasteiger partial charge < -0.3 is 5.32 Å². The summed E-state index contributed by atoms with van der Waals surface area (Å²) in [5.74, 6) is -0.283. The maximum absolute atomic E-state index is 13.2. The molecule has 0 saturated carbocycles. The summed E-state index contributed by atoms with van der Waals surface area (Å²) in [5.41, 5.74) is 5.22. The van der Waals surface area contributed by atoms with Crippen molar-refractivity contribution in [1.29, 1.82) is 0 Å². The van der Waals surface area contributed by atoms with Crippen LogP contribution in [0.25, 0.3) is 5.69 Å². The molecule has 1 aromatic heterocycles. The van der Waals surface area contributed by atoms with Crippen molar-refractivity contribution in [2.24, 2.45) is 0 Å². The summed E-state index contributed by atoms with van der Waals surface area (Å²) in [6.45, 7) is 5.95. The Bertz CT molecular complexity index is 1100. The van der Waals surface area contributed by atoms with E-state index >= 15 is 0 Å². The van der Waals surface area contributed by atoms with Crippen molar-refractivity contribution in [2.45, 2.75) is 33.1 Å². The SMILES string of the molecule is Cc1ccc(-n2nc(C)c3c2NC(=O)C[C@@H]3C(=O)c2ccc(Cl)cc2)cc1C. The van der Waals surface area contributed by atoms with E-state index in [9.17, 15) is 9.59 Å². The number of halogens is 1. The Morgan fingerprint density at radius 1 is 1.11 bits per heavy atom. The average Bonchev–Trinajstić information content (AvgIpc) is 3.00. The van der Waals surface area contributed by atoms with Crippen LogP contribution in [0.5, 0.6) is 0 Å². The summed E-state index contributed by atoms with van der Waals surface area (Å²) in [4.78, 5) is 25.6. The van der Waals surface area contributed by atoms with Crippen LogP contribution in [0.15, 0.2) is 42.5 Å². The summed E-state index contributed by atoms with van der Waals surface area (Å²) in [6.07, 6.45) is 0.105. The summed E-state index contributed by atoms with van der Waals surface area (Å²) in [5, 5.41) is 8.12. The number of benzene rings is 2. The molecule has 1 atom stereocenters. The van der Waals surface area contributed by atoms with Gasteiger partial charge in [0, 0.05) is 22.6 Å². The van der Waals surface area contributed by atoms with Crippen molar-refractivity contribution >= 4 is 29.1 Å². The van der Waals surface area contributed by atoms with Gasteiger partial charge in [-0.3, -0.25) is 9.59 Å². The number of carbonyl (C=O) groups is 2. The molecule has 0 spiro atoms. The highest BCUT2D eigenvalue weighted by Gasteiger charge is 2.36. The van der Waals surface area contributed by atoms with E-state index in [2.05, 4.69) is 10.4 Å². The van der Waals surface area contributed by atoms with E-state index in [4.69, 9.17) is 11.6 Å². The number of nitrogens with zero attached hydrogens (tertiary/aromatic N) is 2. The number of hydrogen-bond acceptors (Lipinski definition) is 3. The lowest BCUT2D eigenvalue weighted by Gasteiger charge is -2.23. The molecule has 2 heterocycles. The van der Waals surface area contributed by atoms with Gasteiger partial charge in [-0.1, -0.05) is 17.7 Å². The van der Waals surface area contributed by atoms with Crippen LogP contribution < -0.4 is 5.32 Å². The van der Waals surface area contributed by atoms with E-state index in [1.54, 1.807) is 28.9 Å². The molecule has 4 rings (SSSR count). The number of carbonyl (C=O) groups excluding carboxylic acids is 2. The van der Waals surface area contributed by atoms with Gasteiger partial charge in [-0.05, 0) is 68.3 Å². The summed E-state index contributed by atoms with van der Waals surface area (Å²) < 4.78 is 1.72. The molecule has 6 heteroatoms. The number of ketones is 1. The first kappa shape index (κ1) is 18.4. The number of anilines is 1. The Hall–Kier alpha value is -2.92. The summed E-state index contributed by atoms with van der Waals surface area (Å²) in [7, 11) is 0. The molecule has 2 aromatic carbocycles. The second kappa shape index (κ2) is 6.91. The normalized spacial score (nSPS) is 15.9. The lowest BCUT2D eigenvalue weighted by atomic mass is 9.85. The van der Waals surface area contributed by atoms with E-state index in [-0.39, 0.29) is 18.1 Å². The number of rotatable bonds is 3. The molecule has 0 radical (unpaired) electrons. The molecule has 1 aliphatic heterocycles. The molecule has 3 aromatic rings. The first-order chi connectivity index (χ1) is 13.3. The first-order valence-corrected chi connectivity index (χ1v) is 9.49. The Morgan fingerprint density at radius 3 is 2.50 bits per heavy atom. The molecule has 1 N–H and O–H groups in total. The zero-order chi connectivity index (χ0) is 20.0. The van der Waals surface area contributed by atoms with Crippen molar-refractivity contribution in [3.63, 3.8) is 0 Å². The Kier molecular flexibility index (Phi) is 4.55. The van der Waals surface area contributed by atoms with E-state index < -0.39 is 5.92 Å². The Balaban J connectivity index is 1.82. The van der Waals surface area contributed by atoms with Crippen molar-refractivity contribution < 1.29 is 9.59 Å². The van der Waals surface area contributed by atoms with E-state index in [1.165, 1.54) is 5.56 Å². The minimum atomic E-state index is -0.565. The number of amides is 1. The van der Waals surface area contributed by atoms with Crippen LogP contribution in [0.3, 0.4) is 0 Å². The second-order valence-electron chi connectivity index (χ2n) is 7.20. The zero-order valence-corrected chi connectivity index (χ0v) is 16.7. The Morgan fingerprint density at radius 2 is 1.82 bits per heavy atom. The van der Waals surface area contributed by atoms with Crippen LogP contribution in [-0.4, -0.2) is 21.5 Å². The highest BCUT2D eigenvalue weighted by molar-refractivity contribution is 6.30. The van der Waals surface area contributed by atoms with Crippen molar-refractivity contribution in [2.75, 3.05) is 5.32 Å². The number of aryl methyl sites for hydroxylation is 3. The number of nitrogens with one attached hydrogen (secondary N) is 1. The van der Waals surface area contributed by atoms with E-state index in [0.29, 0.717) is 16.4 Å². The molecule has 0 unspecified atom stereocenters. The van der Waals surface area contributed by atoms with Gasteiger partial charge >= 0.3 is 0 Å². The molecule has 0 bridgehead atoms. The maximum Gasteiger partial charge on any atom is 0.226 e. The molecular weight excluding hydrogens is 374 g/mol. The third-order valence-corrected chi connectivity index (χ3v) is 5.53. The molecule has 0 fully saturated rings. The second-order valence-corrected chi connectivity index (χ2v) is 7.64. The van der Waals surface area contributed by atoms with Gasteiger partial charge in [-0.25, -0.2) is 4.68 Å². The van der Waals surface area contributed by atoms with Gasteiger partial charge in [-0.2, -0.15) is 5.10 Å². The Labute approximate surface area is 168 Å². The third-order valence-electron chi connectivity index (χ3n) is 5.28. The van der Waals surface area contributed by atoms with E-state index in [1.807, 2.05) is 39.0 Å². The standard InChI is InChI=1S/C22H20ClN3O2/c1-12-4-9-17(10-13(12)2)26-22-20(14(3)25-26)18(11-19(27)24-22)21(28)15-5-7-16(23)8-6-15/h4-10,18H,11H2,1-3H3,(H,24,27)/t18-/m0/s1. The molecule has 142 valence electrons. The molecule has 0 saturated heterocycles. The van der Waals surface area contributed by atoms with Crippen LogP contribution in [0, 0.1) is 20.8 Å². The fourth-order valence-corrected chi connectivity index (χ4v) is 3.76. The number of Topliss-reactive ketones (excluding diaryl/α,β-unsaturated/α-hetero) is 1. The fourth-order valence-electron chi connectivity index (χ4n) is 3.63. The highest BCUT2D eigenvalue weighted by atomic mass is 35.5. The lowest BCUT2D eigenvalue weighted by molar-refractivity contribution is -0.116. The van der Waals surface area contributed by atoms with E-state index in [0.717, 1.165) is 22.5 Å². The number of hydrogen-bond donors (Lipinski definition) is 1. The van der Waals surface area contributed by atoms with Crippen LogP contribution in [-0.2, 0) is 4.79 Å². The smallest absolute Gasteiger partial charge is 0.226 e. The van der Waals surface area contributed by atoms with Gasteiger partial charge in [0.1, 0.15) is 5.82 Å². The predicted molar refractivity (Wildman–Crippen MR) is 110 cm³/mol. The van der Waals surface area contributed by atoms with Crippen molar-refractivity contribution in [3.05, 3.63) is 75.4 Å². The molecular formula is C22H20ClN3O2. The zero-order valence-electron chi connectivity index (χ0n) is 15.9. The highest BCUT2D eigenvalue weighted by Crippen LogP contribution is 2.38. The molecule has 28 heavy (non-hydrogen) atoms. The topological polar surface area (TPSA) is 64.0 Å². The maximum atomic E-state index is 13.2. The number of aromatic nitrogens is 2. The minimum absolute atomic E-state index is 0.101. The van der Waals surface area contributed by atoms with Gasteiger partial charge in [0.2, 0.25) is 5.91 Å². The van der Waals surface area contributed by atoms with Crippen LogP contribution in [0.4, 0.5) is 5.82 Å².